The first-order valence-corrected chi connectivity index (χ1v) is 10.4. The van der Waals surface area contributed by atoms with E-state index >= 15 is 0 Å². The molecule has 0 unspecified atom stereocenters. The van der Waals surface area contributed by atoms with Crippen LogP contribution in [-0.4, -0.2) is 55.8 Å². The van der Waals surface area contributed by atoms with E-state index in [1.807, 2.05) is 13.0 Å². The van der Waals surface area contributed by atoms with Crippen molar-refractivity contribution in [2.24, 2.45) is 0 Å². The zero-order valence-electron chi connectivity index (χ0n) is 15.8. The number of hydrogen-bond acceptors (Lipinski definition) is 4. The van der Waals surface area contributed by atoms with Gasteiger partial charge in [0.05, 0.1) is 45.4 Å². The second-order valence-electron chi connectivity index (χ2n) is 6.74. The lowest BCUT2D eigenvalue weighted by Crippen LogP contribution is -3.15. The van der Waals surface area contributed by atoms with Crippen LogP contribution in [0.3, 0.4) is 0 Å². The number of rotatable bonds is 5. The van der Waals surface area contributed by atoms with E-state index in [0.29, 0.717) is 10.7 Å². The number of carbonyl (C=O) groups is 1. The Morgan fingerprint density at radius 2 is 2.00 bits per heavy atom. The molecule has 5 nitrogen and oxygen atoms in total. The average Bonchev–Trinajstić information content (AvgIpc) is 3.07. The fraction of sp³-hybridized carbons (Fsp3) is 0.400. The first kappa shape index (κ1) is 19.8. The van der Waals surface area contributed by atoms with E-state index in [4.69, 9.17) is 17.0 Å². The Bertz CT molecular complexity index is 784. The van der Waals surface area contributed by atoms with E-state index in [9.17, 15) is 4.79 Å². The molecule has 0 aliphatic carbocycles. The Morgan fingerprint density at radius 3 is 2.67 bits per heavy atom. The topological polar surface area (TPSA) is 46.0 Å². The van der Waals surface area contributed by atoms with Crippen molar-refractivity contribution in [3.05, 3.63) is 52.4 Å². The molecular weight excluding hydrogens is 378 g/mol. The van der Waals surface area contributed by atoms with Crippen LogP contribution < -0.4 is 10.2 Å². The van der Waals surface area contributed by atoms with Gasteiger partial charge in [0.2, 0.25) is 0 Å². The molecular formula is C20H26N3O2S2+. The van der Waals surface area contributed by atoms with Gasteiger partial charge in [0.25, 0.3) is 0 Å². The Labute approximate surface area is 169 Å². The lowest BCUT2D eigenvalue weighted by Gasteiger charge is -2.33. The molecule has 1 aromatic carbocycles. The molecule has 1 aliphatic heterocycles. The van der Waals surface area contributed by atoms with Crippen LogP contribution in [0.15, 0.2) is 36.4 Å². The lowest BCUT2D eigenvalue weighted by atomic mass is 10.1. The first-order valence-electron chi connectivity index (χ1n) is 9.19. The molecule has 1 aromatic heterocycles. The van der Waals surface area contributed by atoms with Gasteiger partial charge in [0.15, 0.2) is 5.11 Å². The van der Waals surface area contributed by atoms with Crippen LogP contribution in [-0.2, 0) is 11.2 Å². The lowest BCUT2D eigenvalue weighted by molar-refractivity contribution is -0.903. The number of carbonyl (C=O) groups excluding carboxylic acids is 1. The van der Waals surface area contributed by atoms with Crippen molar-refractivity contribution in [1.29, 1.82) is 0 Å². The fourth-order valence-corrected chi connectivity index (χ4v) is 4.53. The fourth-order valence-electron chi connectivity index (χ4n) is 3.29. The molecule has 0 saturated carbocycles. The summed E-state index contributed by atoms with van der Waals surface area (Å²) in [5.74, 6) is -0.333. The number of aryl methyl sites for hydroxylation is 1. The molecule has 2 heterocycles. The van der Waals surface area contributed by atoms with Crippen LogP contribution in [0.2, 0.25) is 0 Å². The summed E-state index contributed by atoms with van der Waals surface area (Å²) in [6.07, 6.45) is 1.11. The number of thiocarbonyl (C=S) groups is 1. The third-order valence-electron chi connectivity index (χ3n) is 4.85. The van der Waals surface area contributed by atoms with Crippen LogP contribution in [0.25, 0.3) is 0 Å². The quantitative estimate of drug-likeness (QED) is 0.590. The van der Waals surface area contributed by atoms with E-state index in [1.165, 1.54) is 24.0 Å². The Morgan fingerprint density at radius 1 is 1.30 bits per heavy atom. The maximum Gasteiger partial charge on any atom is 0.340 e. The molecule has 0 bridgehead atoms. The molecule has 2 N–H and O–H groups in total. The second kappa shape index (κ2) is 9.30. The molecule has 1 saturated heterocycles. The van der Waals surface area contributed by atoms with Gasteiger partial charge in [-0.05, 0) is 30.8 Å². The minimum atomic E-state index is -0.333. The minimum Gasteiger partial charge on any atom is -0.465 e. The predicted octanol–water partition coefficient (Wildman–Crippen LogP) is 1.98. The van der Waals surface area contributed by atoms with Gasteiger partial charge in [-0.2, -0.15) is 0 Å². The number of esters is 1. The van der Waals surface area contributed by atoms with Crippen LogP contribution in [0.4, 0.5) is 5.00 Å². The van der Waals surface area contributed by atoms with Crippen LogP contribution >= 0.6 is 23.6 Å². The molecule has 1 aliphatic rings. The zero-order valence-corrected chi connectivity index (χ0v) is 17.4. The minimum absolute atomic E-state index is 0.333. The highest BCUT2D eigenvalue weighted by Gasteiger charge is 2.23. The Hall–Kier alpha value is -1.96. The normalized spacial score (nSPS) is 14.8. The van der Waals surface area contributed by atoms with Gasteiger partial charge in [0.1, 0.15) is 5.00 Å². The predicted molar refractivity (Wildman–Crippen MR) is 114 cm³/mol. The highest BCUT2D eigenvalue weighted by Crippen LogP contribution is 2.28. The summed E-state index contributed by atoms with van der Waals surface area (Å²) in [6.45, 7) is 7.11. The van der Waals surface area contributed by atoms with Crippen LogP contribution in [0, 0.1) is 6.92 Å². The second-order valence-corrected chi connectivity index (χ2v) is 8.39. The molecule has 2 aromatic rings. The number of nitrogens with zero attached hydrogens (tertiary/aromatic N) is 1. The standard InChI is InChI=1S/C20H25N3O2S2/c1-15-14-17(19(24)25-2)18(27-15)21-20(26)23-12-10-22(11-13-23)9-8-16-6-4-3-5-7-16/h3-7,14H,8-13H2,1-2H3,(H,21,26)/p+1. The van der Waals surface area contributed by atoms with Gasteiger partial charge < -0.3 is 19.9 Å². The molecule has 7 heteroatoms. The maximum absolute atomic E-state index is 11.9. The maximum atomic E-state index is 11.9. The number of quaternary nitrogens is 1. The smallest absolute Gasteiger partial charge is 0.340 e. The van der Waals surface area contributed by atoms with Crippen molar-refractivity contribution in [3.8, 4) is 0 Å². The van der Waals surface area contributed by atoms with Crippen molar-refractivity contribution >= 4 is 39.6 Å². The van der Waals surface area contributed by atoms with Crippen molar-refractivity contribution in [2.75, 3.05) is 45.2 Å². The first-order chi connectivity index (χ1) is 13.1. The van der Waals surface area contributed by atoms with Crippen molar-refractivity contribution < 1.29 is 14.4 Å². The van der Waals surface area contributed by atoms with Crippen LogP contribution in [0.5, 0.6) is 0 Å². The van der Waals surface area contributed by atoms with E-state index in [1.54, 1.807) is 4.90 Å². The zero-order chi connectivity index (χ0) is 19.2. The number of benzene rings is 1. The van der Waals surface area contributed by atoms with Gasteiger partial charge in [-0.1, -0.05) is 30.3 Å². The number of methoxy groups -OCH3 is 1. The van der Waals surface area contributed by atoms with E-state index < -0.39 is 0 Å². The highest BCUT2D eigenvalue weighted by molar-refractivity contribution is 7.80. The number of piperazine rings is 1. The number of thiophene rings is 1. The molecule has 3 rings (SSSR count). The largest absolute Gasteiger partial charge is 0.465 e. The Balaban J connectivity index is 1.49. The third kappa shape index (κ3) is 5.28. The van der Waals surface area contributed by atoms with Crippen molar-refractivity contribution in [2.45, 2.75) is 13.3 Å². The number of anilines is 1. The average molecular weight is 405 g/mol. The van der Waals surface area contributed by atoms with Crippen molar-refractivity contribution in [1.82, 2.24) is 4.90 Å². The summed E-state index contributed by atoms with van der Waals surface area (Å²) >= 11 is 7.11. The summed E-state index contributed by atoms with van der Waals surface area (Å²) in [5, 5.41) is 4.71. The van der Waals surface area contributed by atoms with Gasteiger partial charge in [-0.15, -0.1) is 11.3 Å². The number of hydrogen-bond donors (Lipinski definition) is 2. The molecule has 0 atom stereocenters. The summed E-state index contributed by atoms with van der Waals surface area (Å²) < 4.78 is 4.86. The summed E-state index contributed by atoms with van der Waals surface area (Å²) in [7, 11) is 1.40. The summed E-state index contributed by atoms with van der Waals surface area (Å²) in [5.41, 5.74) is 1.95. The van der Waals surface area contributed by atoms with E-state index in [0.717, 1.165) is 49.0 Å². The Kier molecular flexibility index (Phi) is 6.82. The van der Waals surface area contributed by atoms with Gasteiger partial charge in [-0.25, -0.2) is 4.79 Å². The molecule has 0 spiro atoms. The van der Waals surface area contributed by atoms with Gasteiger partial charge >= 0.3 is 5.97 Å². The van der Waals surface area contributed by atoms with Crippen molar-refractivity contribution in [3.63, 3.8) is 0 Å². The molecule has 27 heavy (non-hydrogen) atoms. The third-order valence-corrected chi connectivity index (χ3v) is 6.18. The van der Waals surface area contributed by atoms with Gasteiger partial charge in [0, 0.05) is 11.3 Å². The van der Waals surface area contributed by atoms with E-state index in [2.05, 4.69) is 40.5 Å². The SMILES string of the molecule is COC(=O)c1cc(C)sc1NC(=S)N1CC[NH+](CCc2ccccc2)CC1. The molecule has 0 amide bonds. The molecule has 144 valence electrons. The van der Waals surface area contributed by atoms with Crippen LogP contribution in [0.1, 0.15) is 20.8 Å². The summed E-state index contributed by atoms with van der Waals surface area (Å²) in [6, 6.07) is 12.5. The highest BCUT2D eigenvalue weighted by atomic mass is 32.1. The van der Waals surface area contributed by atoms with Gasteiger partial charge in [-0.3, -0.25) is 0 Å². The van der Waals surface area contributed by atoms with E-state index in [-0.39, 0.29) is 5.97 Å². The number of nitrogens with one attached hydrogen (secondary N) is 2. The molecule has 1 fully saturated rings. The number of ether oxygens (including phenoxy) is 1. The monoisotopic (exact) mass is 404 g/mol. The molecule has 0 radical (unpaired) electrons. The summed E-state index contributed by atoms with van der Waals surface area (Å²) in [4.78, 5) is 16.8.